The Bertz CT molecular complexity index is 1030. The second kappa shape index (κ2) is 5.28. The van der Waals surface area contributed by atoms with Gasteiger partial charge in [0.1, 0.15) is 5.82 Å². The fourth-order valence-electron chi connectivity index (χ4n) is 2.66. The summed E-state index contributed by atoms with van der Waals surface area (Å²) in [5, 5.41) is 9.09. The second-order valence-corrected chi connectivity index (χ2v) is 5.20. The Balaban J connectivity index is 1.93. The molecule has 0 amide bonds. The van der Waals surface area contributed by atoms with Crippen LogP contribution in [0.25, 0.3) is 33.4 Å². The van der Waals surface area contributed by atoms with Crippen molar-refractivity contribution >= 4 is 22.0 Å². The summed E-state index contributed by atoms with van der Waals surface area (Å²) in [6.07, 6.45) is 0. The average Bonchev–Trinajstić information content (AvgIpc) is 2.99. The molecule has 0 radical (unpaired) electrons. The van der Waals surface area contributed by atoms with Crippen molar-refractivity contribution in [2.75, 3.05) is 6.61 Å². The summed E-state index contributed by atoms with van der Waals surface area (Å²) in [5.74, 6) is 1.28. The van der Waals surface area contributed by atoms with Gasteiger partial charge in [-0.3, -0.25) is 5.41 Å². The Morgan fingerprint density at radius 1 is 1.17 bits per heavy atom. The van der Waals surface area contributed by atoms with E-state index in [1.54, 1.807) is 0 Å². The van der Waals surface area contributed by atoms with Crippen molar-refractivity contribution < 1.29 is 9.15 Å². The van der Waals surface area contributed by atoms with Crippen molar-refractivity contribution in [1.29, 1.82) is 5.41 Å². The van der Waals surface area contributed by atoms with Crippen LogP contribution in [0.5, 0.6) is 5.75 Å². The normalized spacial score (nSPS) is 11.2. The molecule has 0 aliphatic carbocycles. The molecule has 23 heavy (non-hydrogen) atoms. The maximum absolute atomic E-state index is 8.21. The van der Waals surface area contributed by atoms with Crippen molar-refractivity contribution in [3.05, 3.63) is 54.1 Å². The molecule has 4 aromatic rings. The van der Waals surface area contributed by atoms with Gasteiger partial charge in [-0.05, 0) is 31.2 Å². The minimum Gasteiger partial charge on any atom is -0.490 e. The third-order valence-corrected chi connectivity index (χ3v) is 3.70. The van der Waals surface area contributed by atoms with Gasteiger partial charge in [0.2, 0.25) is 5.55 Å². The third kappa shape index (κ3) is 2.26. The Labute approximate surface area is 132 Å². The summed E-state index contributed by atoms with van der Waals surface area (Å²) >= 11 is 0. The Morgan fingerprint density at radius 3 is 2.87 bits per heavy atom. The number of aromatic nitrogens is 2. The van der Waals surface area contributed by atoms with E-state index in [4.69, 9.17) is 14.6 Å². The van der Waals surface area contributed by atoms with Crippen LogP contribution in [-0.2, 0) is 0 Å². The van der Waals surface area contributed by atoms with Gasteiger partial charge < -0.3 is 14.1 Å². The molecule has 5 nitrogen and oxygen atoms in total. The molecule has 0 fully saturated rings. The number of H-pyrrole nitrogens is 1. The first-order valence-corrected chi connectivity index (χ1v) is 7.45. The lowest BCUT2D eigenvalue weighted by Gasteiger charge is -2.07. The average molecular weight is 305 g/mol. The molecule has 2 N–H and O–H groups in total. The van der Waals surface area contributed by atoms with Crippen LogP contribution in [0.1, 0.15) is 6.92 Å². The van der Waals surface area contributed by atoms with Crippen molar-refractivity contribution in [2.24, 2.45) is 0 Å². The molecule has 5 heteroatoms. The van der Waals surface area contributed by atoms with E-state index in [0.717, 1.165) is 16.4 Å². The molecule has 0 bridgehead atoms. The smallest absolute Gasteiger partial charge is 0.223 e. The molecule has 2 aromatic carbocycles. The predicted octanol–water partition coefficient (Wildman–Crippen LogP) is 3.85. The standard InChI is InChI=1S/C18H15N3O2/c1-2-22-15-9-5-6-11-10-12(17(19)23-16(11)15)18-20-13-7-3-4-8-14(13)21-18/h3-10,19H,2H2,1H3,(H,20,21). The quantitative estimate of drug-likeness (QED) is 0.603. The molecule has 0 saturated heterocycles. The molecular formula is C18H15N3O2. The lowest BCUT2D eigenvalue weighted by Crippen LogP contribution is -2.05. The summed E-state index contributed by atoms with van der Waals surface area (Å²) in [4.78, 5) is 7.78. The van der Waals surface area contributed by atoms with E-state index in [0.29, 0.717) is 29.3 Å². The Hall–Kier alpha value is -3.08. The highest BCUT2D eigenvalue weighted by Crippen LogP contribution is 2.27. The van der Waals surface area contributed by atoms with Crippen LogP contribution in [0.3, 0.4) is 0 Å². The number of fused-ring (bicyclic) bond motifs is 2. The van der Waals surface area contributed by atoms with Gasteiger partial charge in [0.25, 0.3) is 0 Å². The molecule has 0 aliphatic rings. The van der Waals surface area contributed by atoms with Crippen LogP contribution in [0.4, 0.5) is 0 Å². The van der Waals surface area contributed by atoms with E-state index in [-0.39, 0.29) is 5.55 Å². The molecule has 2 aromatic heterocycles. The molecule has 2 heterocycles. The van der Waals surface area contributed by atoms with Crippen LogP contribution in [-0.4, -0.2) is 16.6 Å². The number of hydrogen-bond acceptors (Lipinski definition) is 4. The number of ether oxygens (including phenoxy) is 1. The lowest BCUT2D eigenvalue weighted by atomic mass is 10.1. The van der Waals surface area contributed by atoms with E-state index >= 15 is 0 Å². The number of nitrogens with one attached hydrogen (secondary N) is 2. The first kappa shape index (κ1) is 13.6. The summed E-state index contributed by atoms with van der Waals surface area (Å²) in [6.45, 7) is 2.47. The van der Waals surface area contributed by atoms with Gasteiger partial charge in [0, 0.05) is 5.39 Å². The molecular weight excluding hydrogens is 290 g/mol. The van der Waals surface area contributed by atoms with Gasteiger partial charge in [-0.15, -0.1) is 0 Å². The summed E-state index contributed by atoms with van der Waals surface area (Å²) in [5.41, 5.74) is 3.07. The molecule has 0 spiro atoms. The SMILES string of the molecule is CCOc1cccc2cc(-c3nc4ccccc4[nH]3)c(=N)oc12. The summed E-state index contributed by atoms with van der Waals surface area (Å²) < 4.78 is 11.3. The Morgan fingerprint density at radius 2 is 2.04 bits per heavy atom. The molecule has 114 valence electrons. The zero-order valence-corrected chi connectivity index (χ0v) is 12.6. The number of aromatic amines is 1. The predicted molar refractivity (Wildman–Crippen MR) is 88.3 cm³/mol. The van der Waals surface area contributed by atoms with Crippen LogP contribution >= 0.6 is 0 Å². The number of imidazole rings is 1. The number of benzene rings is 2. The summed E-state index contributed by atoms with van der Waals surface area (Å²) in [7, 11) is 0. The number of rotatable bonds is 3. The van der Waals surface area contributed by atoms with Crippen LogP contribution in [0, 0.1) is 5.41 Å². The van der Waals surface area contributed by atoms with E-state index in [1.807, 2.05) is 55.5 Å². The Kier molecular flexibility index (Phi) is 3.12. The van der Waals surface area contributed by atoms with Gasteiger partial charge in [-0.2, -0.15) is 0 Å². The van der Waals surface area contributed by atoms with Gasteiger partial charge in [0.15, 0.2) is 11.3 Å². The van der Waals surface area contributed by atoms with E-state index in [9.17, 15) is 0 Å². The highest BCUT2D eigenvalue weighted by molar-refractivity contribution is 5.86. The van der Waals surface area contributed by atoms with E-state index < -0.39 is 0 Å². The number of hydrogen-bond donors (Lipinski definition) is 2. The topological polar surface area (TPSA) is 74.9 Å². The molecule has 0 aliphatic heterocycles. The van der Waals surface area contributed by atoms with Crippen molar-refractivity contribution in [2.45, 2.75) is 6.92 Å². The number of nitrogens with zero attached hydrogens (tertiary/aromatic N) is 1. The number of para-hydroxylation sites is 3. The minimum atomic E-state index is 0.0590. The van der Waals surface area contributed by atoms with Crippen molar-refractivity contribution in [1.82, 2.24) is 9.97 Å². The monoisotopic (exact) mass is 305 g/mol. The zero-order valence-electron chi connectivity index (χ0n) is 12.6. The first-order chi connectivity index (χ1) is 11.3. The van der Waals surface area contributed by atoms with E-state index in [1.165, 1.54) is 0 Å². The fourth-order valence-corrected chi connectivity index (χ4v) is 2.66. The second-order valence-electron chi connectivity index (χ2n) is 5.20. The maximum Gasteiger partial charge on any atom is 0.223 e. The summed E-state index contributed by atoms with van der Waals surface area (Å²) in [6, 6.07) is 15.4. The molecule has 0 saturated carbocycles. The highest BCUT2D eigenvalue weighted by atomic mass is 16.5. The van der Waals surface area contributed by atoms with Crippen LogP contribution in [0.2, 0.25) is 0 Å². The van der Waals surface area contributed by atoms with Crippen molar-refractivity contribution in [3.8, 4) is 17.1 Å². The van der Waals surface area contributed by atoms with Crippen molar-refractivity contribution in [3.63, 3.8) is 0 Å². The fraction of sp³-hybridized carbons (Fsp3) is 0.111. The minimum absolute atomic E-state index is 0.0590. The molecule has 4 rings (SSSR count). The maximum atomic E-state index is 8.21. The lowest BCUT2D eigenvalue weighted by molar-refractivity contribution is 0.336. The molecule has 0 atom stereocenters. The van der Waals surface area contributed by atoms with Gasteiger partial charge in [0.05, 0.1) is 23.2 Å². The first-order valence-electron chi connectivity index (χ1n) is 7.45. The highest BCUT2D eigenvalue weighted by Gasteiger charge is 2.12. The van der Waals surface area contributed by atoms with Gasteiger partial charge in [-0.25, -0.2) is 4.98 Å². The van der Waals surface area contributed by atoms with Crippen LogP contribution < -0.4 is 10.3 Å². The largest absolute Gasteiger partial charge is 0.490 e. The molecule has 0 unspecified atom stereocenters. The van der Waals surface area contributed by atoms with Crippen LogP contribution in [0.15, 0.2) is 52.9 Å². The zero-order chi connectivity index (χ0) is 15.8. The van der Waals surface area contributed by atoms with Gasteiger partial charge in [-0.1, -0.05) is 24.3 Å². The van der Waals surface area contributed by atoms with Gasteiger partial charge >= 0.3 is 0 Å². The van der Waals surface area contributed by atoms with E-state index in [2.05, 4.69) is 9.97 Å². The third-order valence-electron chi connectivity index (χ3n) is 3.70.